The molecule has 1 aliphatic rings. The van der Waals surface area contributed by atoms with E-state index in [1.165, 1.54) is 13.3 Å². The molecule has 1 saturated heterocycles. The zero-order valence-corrected chi connectivity index (χ0v) is 17.9. The molecule has 1 amide bonds. The van der Waals surface area contributed by atoms with Crippen molar-refractivity contribution in [3.63, 3.8) is 0 Å². The second-order valence-corrected chi connectivity index (χ2v) is 9.21. The van der Waals surface area contributed by atoms with Gasteiger partial charge in [0.2, 0.25) is 15.9 Å². The first-order valence-electron chi connectivity index (χ1n) is 9.21. The van der Waals surface area contributed by atoms with Gasteiger partial charge < -0.3 is 10.1 Å². The van der Waals surface area contributed by atoms with E-state index in [-0.39, 0.29) is 37.7 Å². The van der Waals surface area contributed by atoms with Gasteiger partial charge in [-0.25, -0.2) is 13.4 Å². The average Bonchev–Trinajstić information content (AvgIpc) is 2.73. The van der Waals surface area contributed by atoms with E-state index in [9.17, 15) is 26.4 Å². The maximum absolute atomic E-state index is 13.1. The standard InChI is InChI=1S/C19H19ClF3N3O4S/c1-30-16-3-2-8-24-17(16)25-18(27)12-6-9-26(10-7-12)31(28,29)13-4-5-15(20)14(11-13)19(21,22)23/h2-5,8,11-12H,6-7,9-10H2,1H3,(H,24,25,27). The molecule has 7 nitrogen and oxygen atoms in total. The van der Waals surface area contributed by atoms with Crippen LogP contribution in [0.2, 0.25) is 5.02 Å². The Morgan fingerprint density at radius 3 is 2.55 bits per heavy atom. The number of anilines is 1. The Hall–Kier alpha value is -2.37. The summed E-state index contributed by atoms with van der Waals surface area (Å²) >= 11 is 5.57. The van der Waals surface area contributed by atoms with Crippen molar-refractivity contribution in [1.29, 1.82) is 0 Å². The molecule has 0 radical (unpaired) electrons. The molecule has 0 atom stereocenters. The van der Waals surface area contributed by atoms with Gasteiger partial charge in [0.1, 0.15) is 0 Å². The fourth-order valence-corrected chi connectivity index (χ4v) is 4.98. The smallest absolute Gasteiger partial charge is 0.417 e. The van der Waals surface area contributed by atoms with Crippen molar-refractivity contribution in [1.82, 2.24) is 9.29 Å². The number of rotatable bonds is 5. The second kappa shape index (κ2) is 9.01. The molecule has 0 saturated carbocycles. The van der Waals surface area contributed by atoms with Crippen molar-refractivity contribution in [2.75, 3.05) is 25.5 Å². The zero-order valence-electron chi connectivity index (χ0n) is 16.3. The first kappa shape index (κ1) is 23.3. The number of alkyl halides is 3. The lowest BCUT2D eigenvalue weighted by molar-refractivity contribution is -0.137. The van der Waals surface area contributed by atoms with Gasteiger partial charge in [0.25, 0.3) is 0 Å². The van der Waals surface area contributed by atoms with Gasteiger partial charge in [0, 0.05) is 25.2 Å². The summed E-state index contributed by atoms with van der Waals surface area (Å²) < 4.78 is 71.1. The molecule has 1 aliphatic heterocycles. The molecule has 2 heterocycles. The van der Waals surface area contributed by atoms with Crippen LogP contribution in [0.4, 0.5) is 19.0 Å². The van der Waals surface area contributed by atoms with Crippen molar-refractivity contribution in [2.45, 2.75) is 23.9 Å². The van der Waals surface area contributed by atoms with Gasteiger partial charge >= 0.3 is 6.18 Å². The highest BCUT2D eigenvalue weighted by molar-refractivity contribution is 7.89. The maximum atomic E-state index is 13.1. The van der Waals surface area contributed by atoms with Crippen LogP contribution in [-0.4, -0.2) is 43.8 Å². The Labute approximate surface area is 182 Å². The van der Waals surface area contributed by atoms with Crippen LogP contribution in [0.15, 0.2) is 41.4 Å². The first-order valence-corrected chi connectivity index (χ1v) is 11.0. The number of carbonyl (C=O) groups is 1. The number of hydrogen-bond acceptors (Lipinski definition) is 5. The van der Waals surface area contributed by atoms with E-state index in [1.807, 2.05) is 0 Å². The SMILES string of the molecule is COc1cccnc1NC(=O)C1CCN(S(=O)(=O)c2ccc(Cl)c(C(F)(F)F)c2)CC1. The third-order valence-corrected chi connectivity index (χ3v) is 7.16. The lowest BCUT2D eigenvalue weighted by Crippen LogP contribution is -2.41. The van der Waals surface area contributed by atoms with Crippen molar-refractivity contribution < 1.29 is 31.1 Å². The summed E-state index contributed by atoms with van der Waals surface area (Å²) in [6, 6.07) is 5.78. The minimum absolute atomic E-state index is 0.0102. The average molecular weight is 478 g/mol. The van der Waals surface area contributed by atoms with Crippen LogP contribution >= 0.6 is 11.6 Å². The summed E-state index contributed by atoms with van der Waals surface area (Å²) in [5.41, 5.74) is -1.21. The number of aromatic nitrogens is 1. The normalized spacial score (nSPS) is 16.2. The van der Waals surface area contributed by atoms with E-state index in [1.54, 1.807) is 12.1 Å². The van der Waals surface area contributed by atoms with Crippen LogP contribution in [0.5, 0.6) is 5.75 Å². The molecule has 12 heteroatoms. The quantitative estimate of drug-likeness (QED) is 0.707. The molecule has 0 bridgehead atoms. The molecule has 0 unspecified atom stereocenters. The predicted octanol–water partition coefficient (Wildman–Crippen LogP) is 3.80. The van der Waals surface area contributed by atoms with Gasteiger partial charge in [0.05, 0.1) is 22.6 Å². The highest BCUT2D eigenvalue weighted by Crippen LogP contribution is 2.37. The summed E-state index contributed by atoms with van der Waals surface area (Å²) in [6.07, 6.45) is -2.87. The number of pyridine rings is 1. The molecule has 1 aromatic heterocycles. The van der Waals surface area contributed by atoms with Crippen LogP contribution in [0.3, 0.4) is 0 Å². The Bertz CT molecular complexity index is 1070. The van der Waals surface area contributed by atoms with Crippen LogP contribution < -0.4 is 10.1 Å². The largest absolute Gasteiger partial charge is 0.493 e. The van der Waals surface area contributed by atoms with Crippen molar-refractivity contribution in [3.05, 3.63) is 47.1 Å². The van der Waals surface area contributed by atoms with Gasteiger partial charge in [0.15, 0.2) is 11.6 Å². The summed E-state index contributed by atoms with van der Waals surface area (Å²) in [4.78, 5) is 16.1. The Balaban J connectivity index is 1.69. The maximum Gasteiger partial charge on any atom is 0.417 e. The first-order chi connectivity index (χ1) is 14.5. The van der Waals surface area contributed by atoms with Gasteiger partial charge in [-0.2, -0.15) is 17.5 Å². The minimum Gasteiger partial charge on any atom is -0.493 e. The van der Waals surface area contributed by atoms with Gasteiger partial charge in [-0.15, -0.1) is 0 Å². The fourth-order valence-electron chi connectivity index (χ4n) is 3.26. The summed E-state index contributed by atoms with van der Waals surface area (Å²) in [7, 11) is -2.73. The van der Waals surface area contributed by atoms with E-state index >= 15 is 0 Å². The Kier molecular flexibility index (Phi) is 6.77. The molecular weight excluding hydrogens is 459 g/mol. The highest BCUT2D eigenvalue weighted by atomic mass is 35.5. The predicted molar refractivity (Wildman–Crippen MR) is 107 cm³/mol. The number of piperidine rings is 1. The van der Waals surface area contributed by atoms with Crippen LogP contribution in [0, 0.1) is 5.92 Å². The molecule has 0 aliphatic carbocycles. The van der Waals surface area contributed by atoms with Crippen LogP contribution in [0.1, 0.15) is 18.4 Å². The number of nitrogens with one attached hydrogen (secondary N) is 1. The molecule has 168 valence electrons. The Morgan fingerprint density at radius 2 is 1.94 bits per heavy atom. The van der Waals surface area contributed by atoms with E-state index in [0.717, 1.165) is 16.4 Å². The molecule has 31 heavy (non-hydrogen) atoms. The number of sulfonamides is 1. The lowest BCUT2D eigenvalue weighted by atomic mass is 9.97. The number of benzene rings is 1. The van der Waals surface area contributed by atoms with Crippen molar-refractivity contribution in [2.24, 2.45) is 5.92 Å². The van der Waals surface area contributed by atoms with Crippen LogP contribution in [-0.2, 0) is 21.0 Å². The summed E-state index contributed by atoms with van der Waals surface area (Å²) in [6.45, 7) is -0.0203. The number of hydrogen-bond donors (Lipinski definition) is 1. The molecular formula is C19H19ClF3N3O4S. The third kappa shape index (κ3) is 5.10. The number of methoxy groups -OCH3 is 1. The number of carbonyl (C=O) groups excluding carboxylic acids is 1. The third-order valence-electron chi connectivity index (χ3n) is 4.94. The van der Waals surface area contributed by atoms with Crippen molar-refractivity contribution >= 4 is 33.3 Å². The molecule has 1 aromatic carbocycles. The van der Waals surface area contributed by atoms with E-state index in [2.05, 4.69) is 10.3 Å². The topological polar surface area (TPSA) is 88.6 Å². The van der Waals surface area contributed by atoms with Gasteiger partial charge in [-0.05, 0) is 43.2 Å². The van der Waals surface area contributed by atoms with Crippen LogP contribution in [0.25, 0.3) is 0 Å². The molecule has 1 N–H and O–H groups in total. The van der Waals surface area contributed by atoms with E-state index < -0.39 is 37.6 Å². The van der Waals surface area contributed by atoms with Gasteiger partial charge in [-0.1, -0.05) is 11.6 Å². The molecule has 0 spiro atoms. The number of ether oxygens (including phenoxy) is 1. The number of nitrogens with zero attached hydrogens (tertiary/aromatic N) is 2. The molecule has 3 rings (SSSR count). The number of halogens is 4. The zero-order chi connectivity index (χ0) is 22.8. The fraction of sp³-hybridized carbons (Fsp3) is 0.368. The second-order valence-electron chi connectivity index (χ2n) is 6.86. The lowest BCUT2D eigenvalue weighted by Gasteiger charge is -2.30. The van der Waals surface area contributed by atoms with Crippen molar-refractivity contribution in [3.8, 4) is 5.75 Å². The van der Waals surface area contributed by atoms with E-state index in [0.29, 0.717) is 11.8 Å². The summed E-state index contributed by atoms with van der Waals surface area (Å²) in [5, 5.41) is 2.09. The highest BCUT2D eigenvalue weighted by Gasteiger charge is 2.37. The summed E-state index contributed by atoms with van der Waals surface area (Å²) in [5.74, 6) is -0.168. The van der Waals surface area contributed by atoms with E-state index in [4.69, 9.17) is 16.3 Å². The monoisotopic (exact) mass is 477 g/mol. The Morgan fingerprint density at radius 1 is 1.26 bits per heavy atom. The number of amides is 1. The minimum atomic E-state index is -4.78. The van der Waals surface area contributed by atoms with Gasteiger partial charge in [-0.3, -0.25) is 4.79 Å². The molecule has 2 aromatic rings. The molecule has 1 fully saturated rings.